The molecule has 2 aromatic carbocycles. The number of amides is 1. The molecule has 0 aliphatic carbocycles. The Hall–Kier alpha value is -2.59. The maximum absolute atomic E-state index is 14.6. The van der Waals surface area contributed by atoms with Gasteiger partial charge >= 0.3 is 0 Å². The van der Waals surface area contributed by atoms with Crippen molar-refractivity contribution in [1.82, 2.24) is 15.8 Å². The number of hydrogen-bond acceptors (Lipinski definition) is 7. The molecule has 3 heterocycles. The van der Waals surface area contributed by atoms with E-state index in [0.717, 1.165) is 42.9 Å². The SMILES string of the molecule is CC(c1ccc(Cl)cc1F)N1NNc2ccc(N3CCN(C(=O)C4CCCCN4)[C@H](CO)C3)cc21. The largest absolute Gasteiger partial charge is 0.394 e. The Bertz CT molecular complexity index is 1080. The van der Waals surface area contributed by atoms with Crippen LogP contribution in [0.15, 0.2) is 36.4 Å². The van der Waals surface area contributed by atoms with Gasteiger partial charge in [0.15, 0.2) is 0 Å². The van der Waals surface area contributed by atoms with Crippen LogP contribution in [-0.2, 0) is 4.79 Å². The lowest BCUT2D eigenvalue weighted by molar-refractivity contribution is -0.137. The van der Waals surface area contributed by atoms with E-state index >= 15 is 0 Å². The summed E-state index contributed by atoms with van der Waals surface area (Å²) in [6.45, 7) is 4.50. The van der Waals surface area contributed by atoms with Crippen LogP contribution in [0, 0.1) is 5.82 Å². The second kappa shape index (κ2) is 10.2. The molecule has 3 aliphatic heterocycles. The van der Waals surface area contributed by atoms with Gasteiger partial charge in [-0.15, -0.1) is 5.53 Å². The zero-order valence-electron chi connectivity index (χ0n) is 19.8. The van der Waals surface area contributed by atoms with Gasteiger partial charge in [-0.1, -0.05) is 24.1 Å². The van der Waals surface area contributed by atoms with Gasteiger partial charge in [0.1, 0.15) is 5.82 Å². The molecule has 2 fully saturated rings. The standard InChI is InChI=1S/C25H32ClFN6O2/c1-16(20-7-5-17(26)12-21(20)27)33-24-13-18(6-8-22(24)29-30-33)31-10-11-32(19(14-31)15-34)25(35)23-4-2-3-9-28-23/h5-8,12-13,16,19,23,28-30,34H,2-4,9-11,14-15H2,1H3/t16?,19-,23?/m0/s1. The highest BCUT2D eigenvalue weighted by Crippen LogP contribution is 2.39. The number of piperazine rings is 1. The average molecular weight is 503 g/mol. The third-order valence-corrected chi connectivity index (χ3v) is 7.54. The summed E-state index contributed by atoms with van der Waals surface area (Å²) in [7, 11) is 0. The fraction of sp³-hybridized carbons (Fsp3) is 0.480. The molecule has 0 saturated carbocycles. The molecule has 1 amide bonds. The molecule has 5 rings (SSSR count). The minimum absolute atomic E-state index is 0.0813. The lowest BCUT2D eigenvalue weighted by Gasteiger charge is -2.43. The molecule has 0 radical (unpaired) electrons. The number of anilines is 3. The van der Waals surface area contributed by atoms with Crippen LogP contribution < -0.4 is 26.2 Å². The number of carbonyl (C=O) groups is 1. The van der Waals surface area contributed by atoms with Gasteiger partial charge in [-0.25, -0.2) is 4.39 Å². The molecule has 0 bridgehead atoms. The van der Waals surface area contributed by atoms with Crippen LogP contribution in [-0.4, -0.2) is 60.8 Å². The summed E-state index contributed by atoms with van der Waals surface area (Å²) in [4.78, 5) is 17.1. The number of rotatable bonds is 5. The smallest absolute Gasteiger partial charge is 0.240 e. The van der Waals surface area contributed by atoms with Crippen molar-refractivity contribution in [3.05, 3.63) is 52.8 Å². The number of carbonyl (C=O) groups excluding carboxylic acids is 1. The summed E-state index contributed by atoms with van der Waals surface area (Å²) >= 11 is 5.93. The number of hydrazine groups is 2. The number of benzene rings is 2. The van der Waals surface area contributed by atoms with E-state index in [9.17, 15) is 14.3 Å². The minimum atomic E-state index is -0.351. The predicted molar refractivity (Wildman–Crippen MR) is 136 cm³/mol. The Kier molecular flexibility index (Phi) is 7.02. The topological polar surface area (TPSA) is 83.1 Å². The molecule has 0 spiro atoms. The molecule has 10 heteroatoms. The Labute approximate surface area is 210 Å². The number of nitrogens with zero attached hydrogens (tertiary/aromatic N) is 3. The molecule has 2 unspecified atom stereocenters. The Balaban J connectivity index is 1.32. The third kappa shape index (κ3) is 4.78. The van der Waals surface area contributed by atoms with Gasteiger partial charge in [0.2, 0.25) is 5.91 Å². The number of halogens is 2. The average Bonchev–Trinajstić information content (AvgIpc) is 3.31. The Morgan fingerprint density at radius 3 is 2.83 bits per heavy atom. The van der Waals surface area contributed by atoms with Crippen molar-refractivity contribution in [2.45, 2.75) is 44.3 Å². The molecule has 3 atom stereocenters. The number of aliphatic hydroxyl groups is 1. The van der Waals surface area contributed by atoms with Crippen LogP contribution in [0.5, 0.6) is 0 Å². The van der Waals surface area contributed by atoms with Crippen molar-refractivity contribution in [1.29, 1.82) is 0 Å². The van der Waals surface area contributed by atoms with Gasteiger partial charge in [-0.3, -0.25) is 9.80 Å². The van der Waals surface area contributed by atoms with Crippen molar-refractivity contribution in [2.75, 3.05) is 48.1 Å². The molecule has 8 nitrogen and oxygen atoms in total. The van der Waals surface area contributed by atoms with Crippen LogP contribution in [0.2, 0.25) is 5.02 Å². The zero-order chi connectivity index (χ0) is 24.5. The number of nitrogens with one attached hydrogen (secondary N) is 3. The van der Waals surface area contributed by atoms with Gasteiger partial charge in [0.25, 0.3) is 0 Å². The molecule has 35 heavy (non-hydrogen) atoms. The lowest BCUT2D eigenvalue weighted by Crippen LogP contribution is -2.60. The number of fused-ring (bicyclic) bond motifs is 1. The maximum Gasteiger partial charge on any atom is 0.240 e. The molecular formula is C25H32ClFN6O2. The van der Waals surface area contributed by atoms with Gasteiger partial charge < -0.3 is 25.6 Å². The van der Waals surface area contributed by atoms with E-state index in [-0.39, 0.29) is 36.5 Å². The summed E-state index contributed by atoms with van der Waals surface area (Å²) in [5.41, 5.74) is 9.60. The first-order valence-electron chi connectivity index (χ1n) is 12.3. The van der Waals surface area contributed by atoms with E-state index in [0.29, 0.717) is 30.2 Å². The minimum Gasteiger partial charge on any atom is -0.394 e. The van der Waals surface area contributed by atoms with Crippen LogP contribution in [0.3, 0.4) is 0 Å². The van der Waals surface area contributed by atoms with Crippen LogP contribution in [0.1, 0.15) is 37.8 Å². The zero-order valence-corrected chi connectivity index (χ0v) is 20.6. The predicted octanol–water partition coefficient (Wildman–Crippen LogP) is 3.04. The van der Waals surface area contributed by atoms with Gasteiger partial charge in [-0.05, 0) is 56.6 Å². The van der Waals surface area contributed by atoms with Crippen LogP contribution in [0.25, 0.3) is 0 Å². The first-order valence-corrected chi connectivity index (χ1v) is 12.6. The van der Waals surface area contributed by atoms with E-state index in [2.05, 4.69) is 27.2 Å². The monoisotopic (exact) mass is 502 g/mol. The highest BCUT2D eigenvalue weighted by Gasteiger charge is 2.35. The maximum atomic E-state index is 14.6. The van der Waals surface area contributed by atoms with Crippen molar-refractivity contribution in [3.63, 3.8) is 0 Å². The van der Waals surface area contributed by atoms with E-state index < -0.39 is 0 Å². The summed E-state index contributed by atoms with van der Waals surface area (Å²) in [5.74, 6) is -0.258. The summed E-state index contributed by atoms with van der Waals surface area (Å²) in [5, 5.41) is 15.7. The first kappa shape index (κ1) is 24.1. The van der Waals surface area contributed by atoms with E-state index in [1.807, 2.05) is 29.0 Å². The molecule has 2 aromatic rings. The van der Waals surface area contributed by atoms with Gasteiger partial charge in [0, 0.05) is 35.9 Å². The molecule has 2 saturated heterocycles. The van der Waals surface area contributed by atoms with Crippen molar-refractivity contribution in [2.24, 2.45) is 0 Å². The fourth-order valence-corrected chi connectivity index (χ4v) is 5.45. The molecule has 3 aliphatic rings. The molecule has 4 N–H and O–H groups in total. The summed E-state index contributed by atoms with van der Waals surface area (Å²) < 4.78 is 14.6. The quantitative estimate of drug-likeness (QED) is 0.500. The Morgan fingerprint density at radius 1 is 1.23 bits per heavy atom. The molecule has 188 valence electrons. The first-order chi connectivity index (χ1) is 17.0. The fourth-order valence-electron chi connectivity index (χ4n) is 5.29. The molecule has 0 aromatic heterocycles. The van der Waals surface area contributed by atoms with Crippen LogP contribution >= 0.6 is 11.6 Å². The van der Waals surface area contributed by atoms with Crippen molar-refractivity contribution < 1.29 is 14.3 Å². The molecular weight excluding hydrogens is 471 g/mol. The summed E-state index contributed by atoms with van der Waals surface area (Å²) in [6.07, 6.45) is 3.01. The normalized spacial score (nSPS) is 23.1. The van der Waals surface area contributed by atoms with E-state index in [4.69, 9.17) is 11.6 Å². The van der Waals surface area contributed by atoms with Crippen LogP contribution in [0.4, 0.5) is 21.5 Å². The van der Waals surface area contributed by atoms with Gasteiger partial charge in [-0.2, -0.15) is 0 Å². The second-order valence-electron chi connectivity index (χ2n) is 9.47. The number of hydrogen-bond donors (Lipinski definition) is 4. The van der Waals surface area contributed by atoms with Crippen molar-refractivity contribution in [3.8, 4) is 0 Å². The van der Waals surface area contributed by atoms with E-state index in [1.165, 1.54) is 6.07 Å². The Morgan fingerprint density at radius 2 is 2.09 bits per heavy atom. The highest BCUT2D eigenvalue weighted by atomic mass is 35.5. The van der Waals surface area contributed by atoms with E-state index in [1.54, 1.807) is 12.1 Å². The highest BCUT2D eigenvalue weighted by molar-refractivity contribution is 6.30. The van der Waals surface area contributed by atoms with Crippen molar-refractivity contribution >= 4 is 34.6 Å². The summed E-state index contributed by atoms with van der Waals surface area (Å²) in [6, 6.07) is 10.1. The van der Waals surface area contributed by atoms with Gasteiger partial charge in [0.05, 0.1) is 36.1 Å². The third-order valence-electron chi connectivity index (χ3n) is 7.30. The number of aliphatic hydroxyl groups excluding tert-OH is 1. The second-order valence-corrected chi connectivity index (χ2v) is 9.90. The lowest BCUT2D eigenvalue weighted by atomic mass is 10.0. The number of piperidine rings is 1.